The van der Waals surface area contributed by atoms with E-state index in [4.69, 9.17) is 0 Å². The lowest BCUT2D eigenvalue weighted by molar-refractivity contribution is 0.741. The number of guanidine groups is 1. The van der Waals surface area contributed by atoms with E-state index in [9.17, 15) is 0 Å². The second-order valence-corrected chi connectivity index (χ2v) is 7.35. The second-order valence-electron chi connectivity index (χ2n) is 5.09. The van der Waals surface area contributed by atoms with E-state index in [0.29, 0.717) is 11.8 Å². The molecule has 1 heterocycles. The van der Waals surface area contributed by atoms with E-state index in [2.05, 4.69) is 45.3 Å². The minimum absolute atomic E-state index is 0.531. The Labute approximate surface area is 142 Å². The summed E-state index contributed by atoms with van der Waals surface area (Å²) in [6.45, 7) is 6.50. The van der Waals surface area contributed by atoms with Gasteiger partial charge >= 0.3 is 0 Å². The van der Waals surface area contributed by atoms with Crippen molar-refractivity contribution in [2.45, 2.75) is 32.1 Å². The molecular formula is C14H28N6S2. The fourth-order valence-corrected chi connectivity index (χ4v) is 2.34. The highest BCUT2D eigenvalue weighted by atomic mass is 32.2. The molecule has 126 valence electrons. The molecule has 1 unspecified atom stereocenters. The Bertz CT molecular complexity index is 460. The molecule has 0 fully saturated rings. The van der Waals surface area contributed by atoms with Crippen LogP contribution in [0.25, 0.3) is 0 Å². The molecule has 0 bridgehead atoms. The van der Waals surface area contributed by atoms with Crippen LogP contribution in [0.3, 0.4) is 0 Å². The third-order valence-electron chi connectivity index (χ3n) is 3.34. The minimum Gasteiger partial charge on any atom is -0.356 e. The zero-order valence-corrected chi connectivity index (χ0v) is 15.9. The average Bonchev–Trinajstić information content (AvgIpc) is 2.84. The quantitative estimate of drug-likeness (QED) is 0.403. The van der Waals surface area contributed by atoms with Gasteiger partial charge in [-0.25, -0.2) is 4.99 Å². The first-order chi connectivity index (χ1) is 10.6. The molecule has 0 aliphatic rings. The monoisotopic (exact) mass is 344 g/mol. The average molecular weight is 345 g/mol. The summed E-state index contributed by atoms with van der Waals surface area (Å²) in [5.41, 5.74) is 0. The van der Waals surface area contributed by atoms with E-state index in [0.717, 1.165) is 42.9 Å². The molecule has 1 aromatic heterocycles. The molecule has 0 radical (unpaired) electrons. The van der Waals surface area contributed by atoms with Crippen molar-refractivity contribution in [2.24, 2.45) is 12.0 Å². The molecule has 1 aromatic rings. The largest absolute Gasteiger partial charge is 0.356 e. The molecule has 0 aliphatic carbocycles. The number of aliphatic imine (C=N–C) groups is 1. The van der Waals surface area contributed by atoms with Gasteiger partial charge in [0.1, 0.15) is 12.4 Å². The van der Waals surface area contributed by atoms with Crippen LogP contribution in [0.15, 0.2) is 4.99 Å². The van der Waals surface area contributed by atoms with Crippen molar-refractivity contribution < 1.29 is 0 Å². The van der Waals surface area contributed by atoms with Crippen LogP contribution in [-0.2, 0) is 13.6 Å². The van der Waals surface area contributed by atoms with Gasteiger partial charge < -0.3 is 15.2 Å². The van der Waals surface area contributed by atoms with Gasteiger partial charge in [0.25, 0.3) is 0 Å². The van der Waals surface area contributed by atoms with Crippen LogP contribution >= 0.6 is 23.5 Å². The maximum absolute atomic E-state index is 4.63. The Kier molecular flexibility index (Phi) is 9.38. The third kappa shape index (κ3) is 6.91. The Hall–Kier alpha value is -0.890. The highest BCUT2D eigenvalue weighted by Gasteiger charge is 2.06. The van der Waals surface area contributed by atoms with E-state index < -0.39 is 0 Å². The first-order valence-corrected chi connectivity index (χ1v) is 10.2. The molecule has 0 aromatic carbocycles. The van der Waals surface area contributed by atoms with Gasteiger partial charge in [-0.1, -0.05) is 6.92 Å². The molecule has 1 atom stereocenters. The predicted molar refractivity (Wildman–Crippen MR) is 98.9 cm³/mol. The number of aryl methyl sites for hydroxylation is 1. The summed E-state index contributed by atoms with van der Waals surface area (Å²) in [5, 5.41) is 15.6. The van der Waals surface area contributed by atoms with Crippen molar-refractivity contribution in [3.8, 4) is 0 Å². The van der Waals surface area contributed by atoms with E-state index in [1.54, 1.807) is 0 Å². The fraction of sp³-hybridized carbons (Fsp3) is 0.786. The van der Waals surface area contributed by atoms with E-state index in [1.807, 2.05) is 42.1 Å². The van der Waals surface area contributed by atoms with Gasteiger partial charge in [0.15, 0.2) is 11.8 Å². The summed E-state index contributed by atoms with van der Waals surface area (Å²) in [6, 6.07) is 0. The maximum atomic E-state index is 4.63. The smallest absolute Gasteiger partial charge is 0.191 e. The van der Waals surface area contributed by atoms with Crippen molar-refractivity contribution in [1.82, 2.24) is 25.4 Å². The van der Waals surface area contributed by atoms with Crippen LogP contribution in [0, 0.1) is 6.92 Å². The van der Waals surface area contributed by atoms with Crippen molar-refractivity contribution in [1.29, 1.82) is 0 Å². The molecule has 8 heteroatoms. The first kappa shape index (κ1) is 19.2. The van der Waals surface area contributed by atoms with Crippen LogP contribution in [0.2, 0.25) is 0 Å². The Morgan fingerprint density at radius 2 is 2.09 bits per heavy atom. The lowest BCUT2D eigenvalue weighted by Crippen LogP contribution is -2.40. The van der Waals surface area contributed by atoms with Gasteiger partial charge in [0, 0.05) is 25.4 Å². The highest BCUT2D eigenvalue weighted by Crippen LogP contribution is 2.03. The Balaban J connectivity index is 2.57. The number of thioether (sulfide) groups is 2. The molecule has 0 saturated heterocycles. The van der Waals surface area contributed by atoms with E-state index >= 15 is 0 Å². The highest BCUT2D eigenvalue weighted by molar-refractivity contribution is 7.99. The van der Waals surface area contributed by atoms with Crippen LogP contribution < -0.4 is 10.6 Å². The standard InChI is InChI=1S/C14H28N6S2/c1-11(22-5)9-16-14(15-7-6-8-21-4)17-10-13-19-18-12(2)20(13)3/h11H,6-10H2,1-5H3,(H2,15,16,17). The van der Waals surface area contributed by atoms with Gasteiger partial charge in [0.05, 0.1) is 0 Å². The number of nitrogens with zero attached hydrogens (tertiary/aromatic N) is 4. The summed E-state index contributed by atoms with van der Waals surface area (Å²) >= 11 is 3.71. The molecule has 0 saturated carbocycles. The first-order valence-electron chi connectivity index (χ1n) is 7.47. The molecule has 0 spiro atoms. The normalized spacial score (nSPS) is 13.2. The van der Waals surface area contributed by atoms with Crippen molar-refractivity contribution in [2.75, 3.05) is 31.4 Å². The summed E-state index contributed by atoms with van der Waals surface area (Å²) < 4.78 is 1.97. The molecule has 0 amide bonds. The van der Waals surface area contributed by atoms with E-state index in [1.165, 1.54) is 0 Å². The number of hydrogen-bond donors (Lipinski definition) is 2. The van der Waals surface area contributed by atoms with Crippen LogP contribution in [-0.4, -0.2) is 57.3 Å². The maximum Gasteiger partial charge on any atom is 0.191 e. The molecule has 6 nitrogen and oxygen atoms in total. The van der Waals surface area contributed by atoms with Gasteiger partial charge in [-0.3, -0.25) is 0 Å². The molecule has 0 aliphatic heterocycles. The van der Waals surface area contributed by atoms with Crippen molar-refractivity contribution >= 4 is 29.5 Å². The summed E-state index contributed by atoms with van der Waals surface area (Å²) in [4.78, 5) is 4.63. The Morgan fingerprint density at radius 3 is 2.68 bits per heavy atom. The lowest BCUT2D eigenvalue weighted by atomic mass is 10.4. The van der Waals surface area contributed by atoms with Crippen LogP contribution in [0.1, 0.15) is 25.0 Å². The number of nitrogens with one attached hydrogen (secondary N) is 2. The fourth-order valence-electron chi connectivity index (χ4n) is 1.66. The van der Waals surface area contributed by atoms with Gasteiger partial charge in [-0.2, -0.15) is 23.5 Å². The number of aromatic nitrogens is 3. The predicted octanol–water partition coefficient (Wildman–Crippen LogP) is 1.66. The molecule has 22 heavy (non-hydrogen) atoms. The molecule has 2 N–H and O–H groups in total. The van der Waals surface area contributed by atoms with Gasteiger partial charge in [0.2, 0.25) is 0 Å². The van der Waals surface area contributed by atoms with Gasteiger partial charge in [-0.15, -0.1) is 10.2 Å². The zero-order valence-electron chi connectivity index (χ0n) is 14.2. The summed E-state index contributed by atoms with van der Waals surface area (Å²) in [6.07, 6.45) is 5.38. The van der Waals surface area contributed by atoms with E-state index in [-0.39, 0.29) is 0 Å². The topological polar surface area (TPSA) is 67.1 Å². The lowest BCUT2D eigenvalue weighted by Gasteiger charge is -2.15. The molecular weight excluding hydrogens is 316 g/mol. The van der Waals surface area contributed by atoms with Crippen molar-refractivity contribution in [3.63, 3.8) is 0 Å². The summed E-state index contributed by atoms with van der Waals surface area (Å²) in [5.74, 6) is 3.79. The molecule has 1 rings (SSSR count). The SMILES string of the molecule is CSCCCNC(=NCc1nnc(C)n1C)NCC(C)SC. The van der Waals surface area contributed by atoms with Crippen LogP contribution in [0.5, 0.6) is 0 Å². The number of hydrogen-bond acceptors (Lipinski definition) is 5. The zero-order chi connectivity index (χ0) is 16.4. The Morgan fingerprint density at radius 1 is 1.32 bits per heavy atom. The third-order valence-corrected chi connectivity index (χ3v) is 5.01. The second kappa shape index (κ2) is 10.8. The minimum atomic E-state index is 0.531. The van der Waals surface area contributed by atoms with Crippen molar-refractivity contribution in [3.05, 3.63) is 11.6 Å². The number of rotatable bonds is 9. The van der Waals surface area contributed by atoms with Crippen LogP contribution in [0.4, 0.5) is 0 Å². The summed E-state index contributed by atoms with van der Waals surface area (Å²) in [7, 11) is 1.97. The van der Waals surface area contributed by atoms with Gasteiger partial charge in [-0.05, 0) is 31.6 Å².